The van der Waals surface area contributed by atoms with E-state index in [1.165, 1.54) is 0 Å². The summed E-state index contributed by atoms with van der Waals surface area (Å²) in [6.07, 6.45) is 2.25. The molecule has 26 heavy (non-hydrogen) atoms. The highest BCUT2D eigenvalue weighted by Gasteiger charge is 2.30. The van der Waals surface area contributed by atoms with Crippen LogP contribution in [0.3, 0.4) is 0 Å². The lowest BCUT2D eigenvalue weighted by Gasteiger charge is -2.36. The summed E-state index contributed by atoms with van der Waals surface area (Å²) in [6.45, 7) is 4.39. The number of anilines is 1. The SMILES string of the molecule is CC1CCN([C@H](C(=O)Nc2ccc3c(c2)OCO3)c2ccccc2)CC1. The van der Waals surface area contributed by atoms with E-state index in [4.69, 9.17) is 9.47 Å². The minimum Gasteiger partial charge on any atom is -0.454 e. The normalized spacial score (nSPS) is 18.5. The van der Waals surface area contributed by atoms with E-state index in [2.05, 4.69) is 17.1 Å². The Balaban J connectivity index is 1.56. The number of rotatable bonds is 4. The topological polar surface area (TPSA) is 50.8 Å². The summed E-state index contributed by atoms with van der Waals surface area (Å²) >= 11 is 0. The van der Waals surface area contributed by atoms with Crippen LogP contribution in [0.2, 0.25) is 0 Å². The van der Waals surface area contributed by atoms with Crippen LogP contribution in [0.1, 0.15) is 31.4 Å². The lowest BCUT2D eigenvalue weighted by molar-refractivity contribution is -0.122. The largest absolute Gasteiger partial charge is 0.454 e. The minimum atomic E-state index is -0.283. The fourth-order valence-corrected chi connectivity index (χ4v) is 3.64. The molecule has 0 bridgehead atoms. The van der Waals surface area contributed by atoms with Gasteiger partial charge in [-0.05, 0) is 49.5 Å². The Morgan fingerprint density at radius 2 is 1.81 bits per heavy atom. The van der Waals surface area contributed by atoms with Crippen LogP contribution in [0, 0.1) is 5.92 Å². The second-order valence-corrected chi connectivity index (χ2v) is 7.09. The average molecular weight is 352 g/mol. The summed E-state index contributed by atoms with van der Waals surface area (Å²) in [5, 5.41) is 3.06. The molecule has 2 aliphatic rings. The summed E-state index contributed by atoms with van der Waals surface area (Å²) in [5.41, 5.74) is 1.76. The molecule has 1 amide bonds. The molecular weight excluding hydrogens is 328 g/mol. The molecule has 0 spiro atoms. The molecule has 2 heterocycles. The van der Waals surface area contributed by atoms with Crippen molar-refractivity contribution in [3.63, 3.8) is 0 Å². The van der Waals surface area contributed by atoms with Gasteiger partial charge in [0.2, 0.25) is 12.7 Å². The average Bonchev–Trinajstić information content (AvgIpc) is 3.12. The molecule has 1 N–H and O–H groups in total. The number of carbonyl (C=O) groups excluding carboxylic acids is 1. The fourth-order valence-electron chi connectivity index (χ4n) is 3.64. The van der Waals surface area contributed by atoms with E-state index in [9.17, 15) is 4.79 Å². The van der Waals surface area contributed by atoms with Gasteiger partial charge in [-0.3, -0.25) is 9.69 Å². The molecule has 5 nitrogen and oxygen atoms in total. The molecule has 2 aromatic carbocycles. The van der Waals surface area contributed by atoms with E-state index in [-0.39, 0.29) is 18.7 Å². The quantitative estimate of drug-likeness (QED) is 0.909. The van der Waals surface area contributed by atoms with Crippen LogP contribution in [0.4, 0.5) is 5.69 Å². The van der Waals surface area contributed by atoms with E-state index < -0.39 is 0 Å². The number of fused-ring (bicyclic) bond motifs is 1. The van der Waals surface area contributed by atoms with E-state index in [0.717, 1.165) is 43.1 Å². The zero-order chi connectivity index (χ0) is 17.9. The summed E-state index contributed by atoms with van der Waals surface area (Å²) in [4.78, 5) is 15.5. The first kappa shape index (κ1) is 16.9. The first-order chi connectivity index (χ1) is 12.7. The van der Waals surface area contributed by atoms with Gasteiger partial charge in [0.25, 0.3) is 0 Å². The number of carbonyl (C=O) groups is 1. The number of nitrogens with zero attached hydrogens (tertiary/aromatic N) is 1. The molecule has 0 unspecified atom stereocenters. The minimum absolute atomic E-state index is 0.00961. The fraction of sp³-hybridized carbons (Fsp3) is 0.381. The van der Waals surface area contributed by atoms with E-state index in [0.29, 0.717) is 11.5 Å². The Hall–Kier alpha value is -2.53. The Morgan fingerprint density at radius 3 is 2.58 bits per heavy atom. The molecule has 1 fully saturated rings. The van der Waals surface area contributed by atoms with Crippen LogP contribution >= 0.6 is 0 Å². The van der Waals surface area contributed by atoms with Gasteiger partial charge >= 0.3 is 0 Å². The van der Waals surface area contributed by atoms with Crippen LogP contribution in [0.25, 0.3) is 0 Å². The zero-order valence-corrected chi connectivity index (χ0v) is 15.0. The van der Waals surface area contributed by atoms with Gasteiger partial charge in [-0.1, -0.05) is 37.3 Å². The number of piperidine rings is 1. The monoisotopic (exact) mass is 352 g/mol. The van der Waals surface area contributed by atoms with Gasteiger partial charge in [0, 0.05) is 11.8 Å². The first-order valence-corrected chi connectivity index (χ1v) is 9.20. The highest BCUT2D eigenvalue weighted by Crippen LogP contribution is 2.35. The second-order valence-electron chi connectivity index (χ2n) is 7.09. The van der Waals surface area contributed by atoms with Gasteiger partial charge in [0.05, 0.1) is 0 Å². The predicted molar refractivity (Wildman–Crippen MR) is 100 cm³/mol. The highest BCUT2D eigenvalue weighted by atomic mass is 16.7. The summed E-state index contributed by atoms with van der Waals surface area (Å²) in [6, 6.07) is 15.2. The Kier molecular flexibility index (Phi) is 4.80. The van der Waals surface area contributed by atoms with Gasteiger partial charge in [-0.2, -0.15) is 0 Å². The molecule has 1 saturated heterocycles. The Bertz CT molecular complexity index is 770. The Labute approximate surface area is 153 Å². The molecule has 2 aromatic rings. The van der Waals surface area contributed by atoms with Gasteiger partial charge < -0.3 is 14.8 Å². The van der Waals surface area contributed by atoms with Crippen LogP contribution in [-0.2, 0) is 4.79 Å². The van der Waals surface area contributed by atoms with E-state index >= 15 is 0 Å². The van der Waals surface area contributed by atoms with E-state index in [1.54, 1.807) is 0 Å². The molecule has 0 saturated carbocycles. The third-order valence-electron chi connectivity index (χ3n) is 5.19. The van der Waals surface area contributed by atoms with Crippen molar-refractivity contribution in [2.24, 2.45) is 5.92 Å². The number of benzene rings is 2. The van der Waals surface area contributed by atoms with Crippen LogP contribution in [0.5, 0.6) is 11.5 Å². The molecule has 0 aliphatic carbocycles. The van der Waals surface area contributed by atoms with Crippen molar-refractivity contribution in [3.8, 4) is 11.5 Å². The predicted octanol–water partition coefficient (Wildman–Crippen LogP) is 3.83. The maximum absolute atomic E-state index is 13.2. The molecular formula is C21H24N2O3. The van der Waals surface area contributed by atoms with Crippen molar-refractivity contribution < 1.29 is 14.3 Å². The van der Waals surface area contributed by atoms with Gasteiger partial charge in [-0.25, -0.2) is 0 Å². The number of nitrogens with one attached hydrogen (secondary N) is 1. The smallest absolute Gasteiger partial charge is 0.246 e. The maximum Gasteiger partial charge on any atom is 0.246 e. The maximum atomic E-state index is 13.2. The lowest BCUT2D eigenvalue weighted by Crippen LogP contribution is -2.41. The number of amides is 1. The number of ether oxygens (including phenoxy) is 2. The number of likely N-dealkylation sites (tertiary alicyclic amines) is 1. The van der Waals surface area contributed by atoms with E-state index in [1.807, 2.05) is 48.5 Å². The second kappa shape index (κ2) is 7.38. The molecule has 0 aromatic heterocycles. The standard InChI is InChI=1S/C21H24N2O3/c1-15-9-11-23(12-10-15)20(16-5-3-2-4-6-16)21(24)22-17-7-8-18-19(13-17)26-14-25-18/h2-8,13,15,20H,9-12,14H2,1H3,(H,22,24)/t20-/m0/s1. The molecule has 4 rings (SSSR count). The highest BCUT2D eigenvalue weighted by molar-refractivity contribution is 5.95. The Morgan fingerprint density at radius 1 is 1.08 bits per heavy atom. The van der Waals surface area contributed by atoms with Crippen LogP contribution in [0.15, 0.2) is 48.5 Å². The molecule has 2 aliphatic heterocycles. The molecule has 5 heteroatoms. The van der Waals surface area contributed by atoms with Gasteiger partial charge in [-0.15, -0.1) is 0 Å². The summed E-state index contributed by atoms with van der Waals surface area (Å²) in [5.74, 6) is 2.10. The van der Waals surface area contributed by atoms with Crippen molar-refractivity contribution >= 4 is 11.6 Å². The number of hydrogen-bond acceptors (Lipinski definition) is 4. The third kappa shape index (κ3) is 3.53. The third-order valence-corrected chi connectivity index (χ3v) is 5.19. The van der Waals surface area contributed by atoms with Gasteiger partial charge in [0.1, 0.15) is 6.04 Å². The van der Waals surface area contributed by atoms with Crippen molar-refractivity contribution in [3.05, 3.63) is 54.1 Å². The molecule has 1 atom stereocenters. The van der Waals surface area contributed by atoms with Crippen molar-refractivity contribution in [1.82, 2.24) is 4.90 Å². The van der Waals surface area contributed by atoms with Crippen LogP contribution in [-0.4, -0.2) is 30.7 Å². The zero-order valence-electron chi connectivity index (χ0n) is 15.0. The lowest BCUT2D eigenvalue weighted by atomic mass is 9.95. The molecule has 0 radical (unpaired) electrons. The number of hydrogen-bond donors (Lipinski definition) is 1. The summed E-state index contributed by atoms with van der Waals surface area (Å²) < 4.78 is 10.7. The van der Waals surface area contributed by atoms with Gasteiger partial charge in [0.15, 0.2) is 11.5 Å². The van der Waals surface area contributed by atoms with Crippen LogP contribution < -0.4 is 14.8 Å². The van der Waals surface area contributed by atoms with Crippen molar-refractivity contribution in [1.29, 1.82) is 0 Å². The van der Waals surface area contributed by atoms with Crippen molar-refractivity contribution in [2.75, 3.05) is 25.2 Å². The van der Waals surface area contributed by atoms with Crippen molar-refractivity contribution in [2.45, 2.75) is 25.8 Å². The molecule has 136 valence electrons. The summed E-state index contributed by atoms with van der Waals surface area (Å²) in [7, 11) is 0. The first-order valence-electron chi connectivity index (χ1n) is 9.20.